The van der Waals surface area contributed by atoms with E-state index in [-0.39, 0.29) is 21.7 Å². The molecule has 4 rings (SSSR count). The van der Waals surface area contributed by atoms with Crippen LogP contribution in [0.3, 0.4) is 0 Å². The van der Waals surface area contributed by atoms with Crippen molar-refractivity contribution >= 4 is 27.6 Å². The fourth-order valence-electron chi connectivity index (χ4n) is 4.09. The van der Waals surface area contributed by atoms with Crippen molar-refractivity contribution in [1.29, 1.82) is 5.26 Å². The predicted molar refractivity (Wildman–Crippen MR) is 122 cm³/mol. The highest BCUT2D eigenvalue weighted by Crippen LogP contribution is 2.46. The summed E-state index contributed by atoms with van der Waals surface area (Å²) in [5, 5.41) is 20.2. The maximum Gasteiger partial charge on any atom is 0.315 e. The number of rotatable bonds is 5. The summed E-state index contributed by atoms with van der Waals surface area (Å²) in [6.07, 6.45) is 0. The fourth-order valence-corrected chi connectivity index (χ4v) is 5.66. The van der Waals surface area contributed by atoms with Gasteiger partial charge in [0.2, 0.25) is 0 Å². The van der Waals surface area contributed by atoms with Crippen molar-refractivity contribution < 1.29 is 27.7 Å². The van der Waals surface area contributed by atoms with E-state index in [9.17, 15) is 28.1 Å². The van der Waals surface area contributed by atoms with Crippen LogP contribution in [-0.4, -0.2) is 36.6 Å². The minimum Gasteiger partial charge on any atom is -0.468 e. The van der Waals surface area contributed by atoms with Crippen LogP contribution in [0.15, 0.2) is 77.7 Å². The Bertz CT molecular complexity index is 1480. The Morgan fingerprint density at radius 2 is 1.69 bits per heavy atom. The lowest BCUT2D eigenvalue weighted by molar-refractivity contribution is -0.384. The number of sulfonamides is 1. The van der Waals surface area contributed by atoms with Crippen LogP contribution in [0.4, 0.5) is 5.69 Å². The van der Waals surface area contributed by atoms with E-state index in [1.165, 1.54) is 30.3 Å². The van der Waals surface area contributed by atoms with Gasteiger partial charge in [-0.3, -0.25) is 19.7 Å². The van der Waals surface area contributed by atoms with E-state index in [0.29, 0.717) is 15.4 Å². The van der Waals surface area contributed by atoms with Crippen LogP contribution in [0.1, 0.15) is 39.0 Å². The third kappa shape index (κ3) is 4.00. The first-order valence-corrected chi connectivity index (χ1v) is 11.6. The first kappa shape index (κ1) is 23.6. The molecule has 10 nitrogen and oxygen atoms in total. The topological polar surface area (TPSA) is 148 Å². The lowest BCUT2D eigenvalue weighted by Gasteiger charge is -2.40. The molecule has 0 unspecified atom stereocenters. The second-order valence-corrected chi connectivity index (χ2v) is 9.44. The molecule has 35 heavy (non-hydrogen) atoms. The van der Waals surface area contributed by atoms with Gasteiger partial charge >= 0.3 is 5.97 Å². The normalized spacial score (nSPS) is 17.3. The molecule has 0 bridgehead atoms. The first-order chi connectivity index (χ1) is 16.7. The minimum absolute atomic E-state index is 0.0123. The number of hydrogen-bond acceptors (Lipinski definition) is 8. The summed E-state index contributed by atoms with van der Waals surface area (Å²) in [7, 11) is -3.44. The highest BCUT2D eigenvalue weighted by molar-refractivity contribution is 7.89. The van der Waals surface area contributed by atoms with Crippen LogP contribution in [0.25, 0.3) is 0 Å². The molecule has 1 amide bonds. The number of nitrogens with zero attached hydrogens (tertiary/aromatic N) is 3. The Labute approximate surface area is 200 Å². The zero-order valence-corrected chi connectivity index (χ0v) is 19.0. The number of carbonyl (C=O) groups excluding carboxylic acids is 2. The maximum absolute atomic E-state index is 13.8. The monoisotopic (exact) mass is 491 g/mol. The summed E-state index contributed by atoms with van der Waals surface area (Å²) in [5.41, 5.74) is 0.575. The second-order valence-electron chi connectivity index (χ2n) is 7.62. The second kappa shape index (κ2) is 9.00. The summed E-state index contributed by atoms with van der Waals surface area (Å²) in [4.78, 5) is 36.6. The molecular weight excluding hydrogens is 474 g/mol. The highest BCUT2D eigenvalue weighted by Gasteiger charge is 2.50. The lowest BCUT2D eigenvalue weighted by atomic mass is 9.81. The van der Waals surface area contributed by atoms with E-state index in [4.69, 9.17) is 10.00 Å². The molecule has 0 radical (unpaired) electrons. The number of amides is 1. The number of carbonyl (C=O) groups is 2. The summed E-state index contributed by atoms with van der Waals surface area (Å²) in [5.74, 6) is -2.83. The van der Waals surface area contributed by atoms with Crippen molar-refractivity contribution in [2.45, 2.75) is 16.9 Å². The standard InChI is InChI=1S/C24H17N3O7S/c1-34-24(29)21-19-4-2-3-5-20(19)23(28)26(22(21)16-8-6-15(14-25)7-9-16)35(32,33)18-12-10-17(11-13-18)27(30)31/h2-13,21-22H,1H3/t21-,22+/m0/s1. The van der Waals surface area contributed by atoms with Crippen molar-refractivity contribution in [1.82, 2.24) is 4.31 Å². The van der Waals surface area contributed by atoms with Crippen LogP contribution in [0, 0.1) is 21.4 Å². The van der Waals surface area contributed by atoms with E-state index in [1.54, 1.807) is 18.2 Å². The smallest absolute Gasteiger partial charge is 0.315 e. The van der Waals surface area contributed by atoms with Gasteiger partial charge in [0.05, 0.1) is 34.6 Å². The summed E-state index contributed by atoms with van der Waals surface area (Å²) in [6.45, 7) is 0. The largest absolute Gasteiger partial charge is 0.468 e. The molecule has 0 saturated heterocycles. The number of non-ortho nitro benzene ring substituents is 1. The average molecular weight is 491 g/mol. The number of nitriles is 1. The quantitative estimate of drug-likeness (QED) is 0.300. The third-order valence-corrected chi connectivity index (χ3v) is 7.51. The summed E-state index contributed by atoms with van der Waals surface area (Å²) in [6, 6.07) is 16.7. The van der Waals surface area contributed by atoms with E-state index in [2.05, 4.69) is 0 Å². The van der Waals surface area contributed by atoms with Crippen molar-refractivity contribution in [3.8, 4) is 6.07 Å². The molecule has 0 spiro atoms. The lowest BCUT2D eigenvalue weighted by Crippen LogP contribution is -2.48. The molecule has 1 aliphatic heterocycles. The number of benzene rings is 3. The minimum atomic E-state index is -4.60. The molecule has 0 aliphatic carbocycles. The number of hydrogen-bond donors (Lipinski definition) is 0. The van der Waals surface area contributed by atoms with Gasteiger partial charge in [0.1, 0.15) is 5.92 Å². The number of esters is 1. The molecule has 0 aromatic heterocycles. The van der Waals surface area contributed by atoms with Crippen molar-refractivity contribution in [2.75, 3.05) is 7.11 Å². The summed E-state index contributed by atoms with van der Waals surface area (Å²) < 4.78 is 33.2. The van der Waals surface area contributed by atoms with E-state index in [1.807, 2.05) is 6.07 Å². The molecule has 11 heteroatoms. The number of ether oxygens (including phenoxy) is 1. The van der Waals surface area contributed by atoms with Gasteiger partial charge < -0.3 is 4.74 Å². The van der Waals surface area contributed by atoms with Crippen LogP contribution >= 0.6 is 0 Å². The van der Waals surface area contributed by atoms with Gasteiger partial charge in [-0.25, -0.2) is 12.7 Å². The Kier molecular flexibility index (Phi) is 6.07. The van der Waals surface area contributed by atoms with Gasteiger partial charge in [-0.1, -0.05) is 30.3 Å². The zero-order chi connectivity index (χ0) is 25.3. The number of nitro benzene ring substituents is 1. The molecule has 1 heterocycles. The highest BCUT2D eigenvalue weighted by atomic mass is 32.2. The Morgan fingerprint density at radius 1 is 1.06 bits per heavy atom. The SMILES string of the molecule is COC(=O)[C@H]1c2ccccc2C(=O)N(S(=O)(=O)c2ccc([N+](=O)[O-])cc2)[C@@H]1c1ccc(C#N)cc1. The van der Waals surface area contributed by atoms with Crippen molar-refractivity contribution in [3.63, 3.8) is 0 Å². The molecule has 2 atom stereocenters. The molecule has 1 aliphatic rings. The van der Waals surface area contributed by atoms with Gasteiger partial charge in [0.15, 0.2) is 0 Å². The van der Waals surface area contributed by atoms with Gasteiger partial charge in [-0.05, 0) is 41.5 Å². The van der Waals surface area contributed by atoms with Crippen molar-refractivity contribution in [2.24, 2.45) is 0 Å². The maximum atomic E-state index is 13.8. The molecular formula is C24H17N3O7S. The number of fused-ring (bicyclic) bond motifs is 1. The zero-order valence-electron chi connectivity index (χ0n) is 18.2. The molecule has 3 aromatic rings. The van der Waals surface area contributed by atoms with Gasteiger partial charge in [-0.2, -0.15) is 5.26 Å². The van der Waals surface area contributed by atoms with E-state index < -0.39 is 38.8 Å². The van der Waals surface area contributed by atoms with Crippen LogP contribution in [0.2, 0.25) is 0 Å². The molecule has 0 saturated carbocycles. The molecule has 176 valence electrons. The first-order valence-electron chi connectivity index (χ1n) is 10.2. The average Bonchev–Trinajstić information content (AvgIpc) is 2.88. The Balaban J connectivity index is 1.98. The van der Waals surface area contributed by atoms with Crippen molar-refractivity contribution in [3.05, 3.63) is 105 Å². The summed E-state index contributed by atoms with van der Waals surface area (Å²) >= 11 is 0. The fraction of sp³-hybridized carbons (Fsp3) is 0.125. The Hall–Kier alpha value is -4.56. The Morgan fingerprint density at radius 3 is 2.26 bits per heavy atom. The number of nitro groups is 1. The van der Waals surface area contributed by atoms with Gasteiger partial charge in [0.25, 0.3) is 21.6 Å². The van der Waals surface area contributed by atoms with Gasteiger partial charge in [-0.15, -0.1) is 0 Å². The molecule has 3 aromatic carbocycles. The molecule has 0 fully saturated rings. The number of methoxy groups -OCH3 is 1. The predicted octanol–water partition coefficient (Wildman–Crippen LogP) is 3.31. The van der Waals surface area contributed by atoms with Crippen LogP contribution in [-0.2, 0) is 19.6 Å². The third-order valence-electron chi connectivity index (χ3n) is 5.74. The van der Waals surface area contributed by atoms with Gasteiger partial charge in [0, 0.05) is 17.7 Å². The van der Waals surface area contributed by atoms with Crippen LogP contribution in [0.5, 0.6) is 0 Å². The molecule has 0 N–H and O–H groups in total. The van der Waals surface area contributed by atoms with Crippen LogP contribution < -0.4 is 0 Å². The van der Waals surface area contributed by atoms with E-state index in [0.717, 1.165) is 31.4 Å². The van der Waals surface area contributed by atoms with E-state index >= 15 is 0 Å².